The number of methoxy groups -OCH3 is 3. The number of carbonyl (C=O) groups excluding carboxylic acids is 1. The molecule has 0 atom stereocenters. The fourth-order valence-electron chi connectivity index (χ4n) is 2.93. The standard InChI is InChI=1S/C18H17F2NO6S2/c1-25-12-7-11-16(8-13(12)26-2)29(23,24)21(17(11)22)9-10-4-5-15(28-18(19)20)14(6-10)27-3/h4-8,18H,9H2,1-3H3. The second kappa shape index (κ2) is 8.07. The molecule has 0 aromatic heterocycles. The molecule has 1 aliphatic rings. The van der Waals surface area contributed by atoms with E-state index in [4.69, 9.17) is 14.2 Å². The Bertz CT molecular complexity index is 1060. The first-order valence-electron chi connectivity index (χ1n) is 8.17. The Morgan fingerprint density at radius 2 is 1.62 bits per heavy atom. The van der Waals surface area contributed by atoms with Gasteiger partial charge in [-0.3, -0.25) is 4.79 Å². The second-order valence-electron chi connectivity index (χ2n) is 5.88. The molecule has 1 amide bonds. The Kier molecular flexibility index (Phi) is 5.90. The maximum Gasteiger partial charge on any atom is 0.289 e. The topological polar surface area (TPSA) is 82.1 Å². The summed E-state index contributed by atoms with van der Waals surface area (Å²) in [5.41, 5.74) is 0.378. The van der Waals surface area contributed by atoms with E-state index < -0.39 is 21.7 Å². The number of benzene rings is 2. The molecule has 1 aliphatic heterocycles. The first kappa shape index (κ1) is 21.2. The molecule has 0 N–H and O–H groups in total. The number of sulfonamides is 1. The number of alkyl halides is 2. The molecule has 0 aliphatic carbocycles. The van der Waals surface area contributed by atoms with Crippen molar-refractivity contribution < 1.29 is 36.2 Å². The predicted octanol–water partition coefficient (Wildman–Crippen LogP) is 3.37. The molecule has 29 heavy (non-hydrogen) atoms. The molecule has 2 aromatic carbocycles. The van der Waals surface area contributed by atoms with Gasteiger partial charge in [0.15, 0.2) is 11.5 Å². The predicted molar refractivity (Wildman–Crippen MR) is 101 cm³/mol. The molecule has 3 rings (SSSR count). The van der Waals surface area contributed by atoms with Gasteiger partial charge in [-0.05, 0) is 23.8 Å². The van der Waals surface area contributed by atoms with Gasteiger partial charge in [-0.1, -0.05) is 17.8 Å². The van der Waals surface area contributed by atoms with E-state index in [0.717, 1.165) is 0 Å². The van der Waals surface area contributed by atoms with Crippen LogP contribution in [0.1, 0.15) is 15.9 Å². The van der Waals surface area contributed by atoms with E-state index in [2.05, 4.69) is 0 Å². The first-order chi connectivity index (χ1) is 13.7. The smallest absolute Gasteiger partial charge is 0.289 e. The fourth-order valence-corrected chi connectivity index (χ4v) is 5.08. The Hall–Kier alpha value is -2.53. The van der Waals surface area contributed by atoms with Gasteiger partial charge in [0.05, 0.1) is 38.3 Å². The monoisotopic (exact) mass is 445 g/mol. The SMILES string of the molecule is COc1cc2c(cc1OC)S(=O)(=O)N(Cc1ccc(SC(F)F)c(OC)c1)C2=O. The number of halogens is 2. The summed E-state index contributed by atoms with van der Waals surface area (Å²) in [6.07, 6.45) is 0. The highest BCUT2D eigenvalue weighted by Crippen LogP contribution is 2.40. The van der Waals surface area contributed by atoms with Crippen molar-refractivity contribution in [1.29, 1.82) is 0 Å². The minimum Gasteiger partial charge on any atom is -0.496 e. The van der Waals surface area contributed by atoms with Crippen molar-refractivity contribution in [3.63, 3.8) is 0 Å². The lowest BCUT2D eigenvalue weighted by atomic mass is 10.1. The average Bonchev–Trinajstić information content (AvgIpc) is 2.87. The minimum absolute atomic E-state index is 0.0282. The van der Waals surface area contributed by atoms with Crippen molar-refractivity contribution >= 4 is 27.7 Å². The van der Waals surface area contributed by atoms with Crippen molar-refractivity contribution in [3.05, 3.63) is 41.5 Å². The Balaban J connectivity index is 1.97. The van der Waals surface area contributed by atoms with Gasteiger partial charge < -0.3 is 14.2 Å². The van der Waals surface area contributed by atoms with E-state index in [-0.39, 0.29) is 39.1 Å². The second-order valence-corrected chi connectivity index (χ2v) is 8.75. The molecular weight excluding hydrogens is 428 g/mol. The quantitative estimate of drug-likeness (QED) is 0.605. The zero-order chi connectivity index (χ0) is 21.3. The van der Waals surface area contributed by atoms with Crippen LogP contribution >= 0.6 is 11.8 Å². The van der Waals surface area contributed by atoms with Gasteiger partial charge in [-0.15, -0.1) is 0 Å². The molecule has 156 valence electrons. The summed E-state index contributed by atoms with van der Waals surface area (Å²) in [5, 5.41) is 0. The van der Waals surface area contributed by atoms with E-state index in [0.29, 0.717) is 21.6 Å². The summed E-state index contributed by atoms with van der Waals surface area (Å²) < 4.78 is 67.2. The van der Waals surface area contributed by atoms with Crippen LogP contribution in [-0.4, -0.2) is 45.7 Å². The molecule has 0 saturated carbocycles. The Morgan fingerprint density at radius 1 is 1.00 bits per heavy atom. The van der Waals surface area contributed by atoms with Crippen molar-refractivity contribution in [1.82, 2.24) is 4.31 Å². The number of carbonyl (C=O) groups is 1. The van der Waals surface area contributed by atoms with Crippen LogP contribution < -0.4 is 14.2 Å². The van der Waals surface area contributed by atoms with Crippen LogP contribution in [0.15, 0.2) is 40.1 Å². The molecule has 0 saturated heterocycles. The van der Waals surface area contributed by atoms with E-state index >= 15 is 0 Å². The molecule has 0 unspecified atom stereocenters. The fraction of sp³-hybridized carbons (Fsp3) is 0.278. The summed E-state index contributed by atoms with van der Waals surface area (Å²) in [4.78, 5) is 12.8. The molecule has 7 nitrogen and oxygen atoms in total. The summed E-state index contributed by atoms with van der Waals surface area (Å²) in [6, 6.07) is 6.86. The van der Waals surface area contributed by atoms with Crippen molar-refractivity contribution in [2.75, 3.05) is 21.3 Å². The molecule has 2 aromatic rings. The normalized spacial score (nSPS) is 14.8. The van der Waals surface area contributed by atoms with Gasteiger partial charge >= 0.3 is 0 Å². The van der Waals surface area contributed by atoms with Gasteiger partial charge in [-0.25, -0.2) is 12.7 Å². The zero-order valence-electron chi connectivity index (χ0n) is 15.6. The third-order valence-corrected chi connectivity index (χ3v) is 6.82. The van der Waals surface area contributed by atoms with Gasteiger partial charge in [0.2, 0.25) is 0 Å². The Morgan fingerprint density at radius 3 is 2.21 bits per heavy atom. The lowest BCUT2D eigenvalue weighted by Gasteiger charge is -2.16. The maximum absolute atomic E-state index is 12.9. The van der Waals surface area contributed by atoms with Crippen LogP contribution in [0.4, 0.5) is 8.78 Å². The third-order valence-electron chi connectivity index (χ3n) is 4.28. The third kappa shape index (κ3) is 3.84. The summed E-state index contributed by atoms with van der Waals surface area (Å²) >= 11 is 0.314. The van der Waals surface area contributed by atoms with Crippen LogP contribution in [0.5, 0.6) is 17.2 Å². The number of thioether (sulfide) groups is 1. The van der Waals surface area contributed by atoms with Crippen LogP contribution in [0.3, 0.4) is 0 Å². The number of fused-ring (bicyclic) bond motifs is 1. The van der Waals surface area contributed by atoms with E-state index in [1.807, 2.05) is 0 Å². The molecule has 0 radical (unpaired) electrons. The van der Waals surface area contributed by atoms with Crippen molar-refractivity contribution in [2.45, 2.75) is 22.1 Å². The van der Waals surface area contributed by atoms with E-state index in [1.165, 1.54) is 51.7 Å². The molecule has 0 fully saturated rings. The summed E-state index contributed by atoms with van der Waals surface area (Å²) in [6.45, 7) is -0.281. The number of rotatable bonds is 7. The van der Waals surface area contributed by atoms with Crippen LogP contribution in [0.25, 0.3) is 0 Å². The lowest BCUT2D eigenvalue weighted by molar-refractivity contribution is 0.0864. The van der Waals surface area contributed by atoms with E-state index in [1.54, 1.807) is 0 Å². The number of amides is 1. The van der Waals surface area contributed by atoms with Crippen molar-refractivity contribution in [2.24, 2.45) is 0 Å². The molecule has 0 bridgehead atoms. The molecule has 0 spiro atoms. The number of ether oxygens (including phenoxy) is 3. The maximum atomic E-state index is 12.9. The van der Waals surface area contributed by atoms with Crippen molar-refractivity contribution in [3.8, 4) is 17.2 Å². The van der Waals surface area contributed by atoms with Gasteiger partial charge in [0.25, 0.3) is 21.7 Å². The van der Waals surface area contributed by atoms with Gasteiger partial charge in [0.1, 0.15) is 10.6 Å². The highest BCUT2D eigenvalue weighted by atomic mass is 32.2. The number of hydrogen-bond donors (Lipinski definition) is 0. The molecule has 11 heteroatoms. The van der Waals surface area contributed by atoms with Crippen LogP contribution in [0.2, 0.25) is 0 Å². The first-order valence-corrected chi connectivity index (χ1v) is 10.5. The highest BCUT2D eigenvalue weighted by Gasteiger charge is 2.42. The molecule has 1 heterocycles. The van der Waals surface area contributed by atoms with Crippen LogP contribution in [0, 0.1) is 0 Å². The van der Waals surface area contributed by atoms with E-state index in [9.17, 15) is 22.0 Å². The summed E-state index contributed by atoms with van der Waals surface area (Å²) in [5.74, 6) is -2.77. The van der Waals surface area contributed by atoms with Gasteiger partial charge in [-0.2, -0.15) is 8.78 Å². The van der Waals surface area contributed by atoms with Crippen LogP contribution in [-0.2, 0) is 16.6 Å². The average molecular weight is 445 g/mol. The number of hydrogen-bond acceptors (Lipinski definition) is 7. The largest absolute Gasteiger partial charge is 0.496 e. The molecular formula is C18H17F2NO6S2. The summed E-state index contributed by atoms with van der Waals surface area (Å²) in [7, 11) is -0.0636. The zero-order valence-corrected chi connectivity index (χ0v) is 17.3. The lowest BCUT2D eigenvalue weighted by Crippen LogP contribution is -2.29. The number of nitrogens with zero attached hydrogens (tertiary/aromatic N) is 1. The van der Waals surface area contributed by atoms with Gasteiger partial charge in [0, 0.05) is 6.07 Å². The highest BCUT2D eigenvalue weighted by molar-refractivity contribution is 7.99. The minimum atomic E-state index is -4.12. The Labute approximate surface area is 170 Å².